The van der Waals surface area contributed by atoms with Gasteiger partial charge in [0.2, 0.25) is 0 Å². The van der Waals surface area contributed by atoms with Crippen LogP contribution >= 0.6 is 0 Å². The SMILES string of the molecule is CNC(C)(C)c1nc2ccc(F)cc2[nH]1. The van der Waals surface area contributed by atoms with Crippen molar-refractivity contribution in [2.75, 3.05) is 7.05 Å². The normalized spacial score (nSPS) is 12.3. The zero-order valence-corrected chi connectivity index (χ0v) is 9.06. The van der Waals surface area contributed by atoms with Crippen LogP contribution in [0.25, 0.3) is 11.0 Å². The first-order valence-electron chi connectivity index (χ1n) is 4.87. The third-order valence-corrected chi connectivity index (χ3v) is 2.66. The second kappa shape index (κ2) is 3.31. The van der Waals surface area contributed by atoms with Gasteiger partial charge in [-0.15, -0.1) is 0 Å². The molecule has 1 aromatic carbocycles. The quantitative estimate of drug-likeness (QED) is 0.792. The molecule has 0 saturated carbocycles. The maximum absolute atomic E-state index is 13.0. The van der Waals surface area contributed by atoms with Crippen LogP contribution in [0.1, 0.15) is 19.7 Å². The molecule has 1 heterocycles. The molecule has 0 atom stereocenters. The van der Waals surface area contributed by atoms with E-state index in [-0.39, 0.29) is 11.4 Å². The van der Waals surface area contributed by atoms with Crippen LogP contribution in [-0.4, -0.2) is 17.0 Å². The van der Waals surface area contributed by atoms with Crippen molar-refractivity contribution in [1.29, 1.82) is 0 Å². The number of aromatic nitrogens is 2. The summed E-state index contributed by atoms with van der Waals surface area (Å²) in [5.41, 5.74) is 1.28. The number of imidazole rings is 1. The van der Waals surface area contributed by atoms with Crippen LogP contribution in [0.5, 0.6) is 0 Å². The van der Waals surface area contributed by atoms with Crippen molar-refractivity contribution in [3.63, 3.8) is 0 Å². The largest absolute Gasteiger partial charge is 0.340 e. The molecule has 0 aliphatic rings. The van der Waals surface area contributed by atoms with E-state index >= 15 is 0 Å². The summed E-state index contributed by atoms with van der Waals surface area (Å²) in [6.07, 6.45) is 0. The lowest BCUT2D eigenvalue weighted by Crippen LogP contribution is -2.34. The molecule has 0 saturated heterocycles. The van der Waals surface area contributed by atoms with Crippen LogP contribution in [0.15, 0.2) is 18.2 Å². The molecule has 0 spiro atoms. The number of fused-ring (bicyclic) bond motifs is 1. The summed E-state index contributed by atoms with van der Waals surface area (Å²) in [4.78, 5) is 7.53. The Balaban J connectivity index is 2.56. The second-order valence-corrected chi connectivity index (χ2v) is 4.12. The van der Waals surface area contributed by atoms with Crippen molar-refractivity contribution in [2.24, 2.45) is 0 Å². The van der Waals surface area contributed by atoms with Gasteiger partial charge in [-0.25, -0.2) is 9.37 Å². The van der Waals surface area contributed by atoms with Crippen molar-refractivity contribution in [2.45, 2.75) is 19.4 Å². The minimum absolute atomic E-state index is 0.241. The summed E-state index contributed by atoms with van der Waals surface area (Å²) >= 11 is 0. The average molecular weight is 207 g/mol. The molecular weight excluding hydrogens is 193 g/mol. The van der Waals surface area contributed by atoms with Gasteiger partial charge in [-0.1, -0.05) is 0 Å². The first kappa shape index (κ1) is 10.1. The van der Waals surface area contributed by atoms with Crippen molar-refractivity contribution >= 4 is 11.0 Å². The first-order chi connectivity index (χ1) is 7.03. The Morgan fingerprint density at radius 2 is 2.13 bits per heavy atom. The molecule has 0 amide bonds. The summed E-state index contributed by atoms with van der Waals surface area (Å²) in [5.74, 6) is 0.561. The van der Waals surface area contributed by atoms with Crippen molar-refractivity contribution in [3.05, 3.63) is 29.8 Å². The number of hydrogen-bond acceptors (Lipinski definition) is 2. The molecule has 15 heavy (non-hydrogen) atoms. The van der Waals surface area contributed by atoms with Crippen LogP contribution in [0.4, 0.5) is 4.39 Å². The maximum Gasteiger partial charge on any atom is 0.127 e. The highest BCUT2D eigenvalue weighted by atomic mass is 19.1. The van der Waals surface area contributed by atoms with E-state index in [9.17, 15) is 4.39 Å². The third kappa shape index (κ3) is 1.72. The van der Waals surface area contributed by atoms with Gasteiger partial charge in [-0.05, 0) is 39.1 Å². The molecule has 4 heteroatoms. The summed E-state index contributed by atoms with van der Waals surface area (Å²) in [5, 5.41) is 3.15. The van der Waals surface area contributed by atoms with Gasteiger partial charge in [0.05, 0.1) is 16.6 Å². The van der Waals surface area contributed by atoms with E-state index in [2.05, 4.69) is 15.3 Å². The second-order valence-electron chi connectivity index (χ2n) is 4.12. The number of aromatic amines is 1. The zero-order chi connectivity index (χ0) is 11.1. The molecule has 3 nitrogen and oxygen atoms in total. The molecule has 2 rings (SSSR count). The molecule has 80 valence electrons. The summed E-state index contributed by atoms with van der Waals surface area (Å²) < 4.78 is 13.0. The number of halogens is 1. The Labute approximate surface area is 87.7 Å². The minimum Gasteiger partial charge on any atom is -0.340 e. The highest BCUT2D eigenvalue weighted by Crippen LogP contribution is 2.20. The van der Waals surface area contributed by atoms with E-state index in [0.29, 0.717) is 0 Å². The van der Waals surface area contributed by atoms with Crippen LogP contribution in [-0.2, 0) is 5.54 Å². The highest BCUT2D eigenvalue weighted by molar-refractivity contribution is 5.75. The Morgan fingerprint density at radius 3 is 2.80 bits per heavy atom. The molecular formula is C11H14FN3. The number of benzene rings is 1. The van der Waals surface area contributed by atoms with Gasteiger partial charge in [-0.2, -0.15) is 0 Å². The molecule has 0 radical (unpaired) electrons. The molecule has 1 aromatic heterocycles. The topological polar surface area (TPSA) is 40.7 Å². The van der Waals surface area contributed by atoms with Gasteiger partial charge in [0, 0.05) is 0 Å². The maximum atomic E-state index is 13.0. The van der Waals surface area contributed by atoms with Crippen LogP contribution in [0.2, 0.25) is 0 Å². The van der Waals surface area contributed by atoms with Gasteiger partial charge in [0.25, 0.3) is 0 Å². The number of hydrogen-bond donors (Lipinski definition) is 2. The fourth-order valence-corrected chi connectivity index (χ4v) is 1.40. The molecule has 0 aliphatic carbocycles. The van der Waals surface area contributed by atoms with Crippen molar-refractivity contribution in [3.8, 4) is 0 Å². The van der Waals surface area contributed by atoms with E-state index in [4.69, 9.17) is 0 Å². The van der Waals surface area contributed by atoms with Crippen molar-refractivity contribution < 1.29 is 4.39 Å². The van der Waals surface area contributed by atoms with E-state index < -0.39 is 0 Å². The number of rotatable bonds is 2. The van der Waals surface area contributed by atoms with E-state index in [1.54, 1.807) is 6.07 Å². The predicted molar refractivity (Wildman–Crippen MR) is 58.1 cm³/mol. The number of nitrogens with one attached hydrogen (secondary N) is 2. The van der Waals surface area contributed by atoms with E-state index in [1.165, 1.54) is 12.1 Å². The third-order valence-electron chi connectivity index (χ3n) is 2.66. The fourth-order valence-electron chi connectivity index (χ4n) is 1.40. The van der Waals surface area contributed by atoms with Gasteiger partial charge < -0.3 is 10.3 Å². The van der Waals surface area contributed by atoms with E-state index in [1.807, 2.05) is 20.9 Å². The predicted octanol–water partition coefficient (Wildman–Crippen LogP) is 2.16. The van der Waals surface area contributed by atoms with Gasteiger partial charge >= 0.3 is 0 Å². The first-order valence-corrected chi connectivity index (χ1v) is 4.87. The monoisotopic (exact) mass is 207 g/mol. The molecule has 0 fully saturated rings. The number of H-pyrrole nitrogens is 1. The van der Waals surface area contributed by atoms with Crippen LogP contribution in [0, 0.1) is 5.82 Å². The Bertz CT molecular complexity index is 488. The van der Waals surface area contributed by atoms with Crippen LogP contribution < -0.4 is 5.32 Å². The molecule has 0 unspecified atom stereocenters. The van der Waals surface area contributed by atoms with Crippen LogP contribution in [0.3, 0.4) is 0 Å². The van der Waals surface area contributed by atoms with Crippen molar-refractivity contribution in [1.82, 2.24) is 15.3 Å². The molecule has 0 bridgehead atoms. The molecule has 2 aromatic rings. The van der Waals surface area contributed by atoms with Gasteiger partial charge in [0.1, 0.15) is 11.6 Å². The summed E-state index contributed by atoms with van der Waals surface area (Å²) in [7, 11) is 1.87. The van der Waals surface area contributed by atoms with Gasteiger partial charge in [0.15, 0.2) is 0 Å². The average Bonchev–Trinajstić information content (AvgIpc) is 2.61. The standard InChI is InChI=1S/C11H14FN3/c1-11(2,13-3)10-14-8-5-4-7(12)6-9(8)15-10/h4-6,13H,1-3H3,(H,14,15). The minimum atomic E-state index is -0.250. The zero-order valence-electron chi connectivity index (χ0n) is 9.06. The Hall–Kier alpha value is -1.42. The number of nitrogens with zero attached hydrogens (tertiary/aromatic N) is 1. The smallest absolute Gasteiger partial charge is 0.127 e. The summed E-state index contributed by atoms with van der Waals surface area (Å²) in [6, 6.07) is 4.55. The Morgan fingerprint density at radius 1 is 1.40 bits per heavy atom. The molecule has 2 N–H and O–H groups in total. The Kier molecular flexibility index (Phi) is 2.23. The lowest BCUT2D eigenvalue weighted by molar-refractivity contribution is 0.422. The summed E-state index contributed by atoms with van der Waals surface area (Å²) in [6.45, 7) is 4.03. The van der Waals surface area contributed by atoms with E-state index in [0.717, 1.165) is 16.9 Å². The fraction of sp³-hybridized carbons (Fsp3) is 0.364. The highest BCUT2D eigenvalue weighted by Gasteiger charge is 2.21. The lowest BCUT2D eigenvalue weighted by atomic mass is 10.1. The lowest BCUT2D eigenvalue weighted by Gasteiger charge is -2.20. The van der Waals surface area contributed by atoms with Gasteiger partial charge in [-0.3, -0.25) is 0 Å². The molecule has 0 aliphatic heterocycles.